The molecule has 4 nitrogen and oxygen atoms in total. The molecule has 130 valence electrons. The molecule has 0 saturated carbocycles. The maximum Gasteiger partial charge on any atom is 0.289 e. The zero-order valence-corrected chi connectivity index (χ0v) is 15.2. The summed E-state index contributed by atoms with van der Waals surface area (Å²) in [6.45, 7) is 0.455. The van der Waals surface area contributed by atoms with Crippen LogP contribution in [0.1, 0.15) is 27.2 Å². The fraction of sp³-hybridized carbons (Fsp3) is 0.143. The molecule has 0 radical (unpaired) electrons. The van der Waals surface area contributed by atoms with Crippen LogP contribution in [0.5, 0.6) is 0 Å². The summed E-state index contributed by atoms with van der Waals surface area (Å²) in [6, 6.07) is 21.2. The normalized spacial score (nSPS) is 10.3. The van der Waals surface area contributed by atoms with Crippen LogP contribution >= 0.6 is 11.8 Å². The molecule has 0 aliphatic heterocycles. The molecule has 1 amide bonds. The predicted molar refractivity (Wildman–Crippen MR) is 102 cm³/mol. The van der Waals surface area contributed by atoms with Gasteiger partial charge in [0.25, 0.3) is 5.91 Å². The lowest BCUT2D eigenvalue weighted by Crippen LogP contribution is -2.26. The van der Waals surface area contributed by atoms with Crippen molar-refractivity contribution in [1.82, 2.24) is 4.90 Å². The van der Waals surface area contributed by atoms with Crippen LogP contribution < -0.4 is 0 Å². The molecule has 0 fully saturated rings. The molecular formula is C21H18N2O2S. The van der Waals surface area contributed by atoms with Crippen LogP contribution in [0.3, 0.4) is 0 Å². The minimum atomic E-state index is -0.150. The number of rotatable bonds is 6. The first-order chi connectivity index (χ1) is 12.7. The maximum absolute atomic E-state index is 12.7. The smallest absolute Gasteiger partial charge is 0.289 e. The predicted octanol–water partition coefficient (Wildman–Crippen LogP) is 4.72. The first-order valence-electron chi connectivity index (χ1n) is 8.16. The van der Waals surface area contributed by atoms with E-state index in [0.717, 1.165) is 16.0 Å². The van der Waals surface area contributed by atoms with Crippen molar-refractivity contribution in [2.45, 2.75) is 17.2 Å². The molecule has 0 atom stereocenters. The van der Waals surface area contributed by atoms with Crippen molar-refractivity contribution in [3.05, 3.63) is 89.4 Å². The largest absolute Gasteiger partial charge is 0.459 e. The van der Waals surface area contributed by atoms with Crippen LogP contribution in [0.4, 0.5) is 0 Å². The third-order valence-corrected chi connectivity index (χ3v) is 4.99. The van der Waals surface area contributed by atoms with Gasteiger partial charge < -0.3 is 9.32 Å². The van der Waals surface area contributed by atoms with E-state index in [9.17, 15) is 4.79 Å². The van der Waals surface area contributed by atoms with Gasteiger partial charge in [0.1, 0.15) is 0 Å². The van der Waals surface area contributed by atoms with E-state index in [4.69, 9.17) is 9.68 Å². The van der Waals surface area contributed by atoms with Crippen molar-refractivity contribution in [2.24, 2.45) is 0 Å². The summed E-state index contributed by atoms with van der Waals surface area (Å²) in [6.07, 6.45) is 1.56. The lowest BCUT2D eigenvalue weighted by molar-refractivity contribution is 0.0752. The monoisotopic (exact) mass is 362 g/mol. The van der Waals surface area contributed by atoms with E-state index < -0.39 is 0 Å². The first-order valence-corrected chi connectivity index (χ1v) is 9.14. The van der Waals surface area contributed by atoms with Gasteiger partial charge in [-0.1, -0.05) is 30.3 Å². The zero-order chi connectivity index (χ0) is 18.4. The number of hydrogen-bond acceptors (Lipinski definition) is 4. The van der Waals surface area contributed by atoms with E-state index in [0.29, 0.717) is 23.6 Å². The number of amides is 1. The molecule has 3 aromatic rings. The lowest BCUT2D eigenvalue weighted by atomic mass is 10.1. The highest BCUT2D eigenvalue weighted by Crippen LogP contribution is 2.25. The molecule has 1 aromatic heterocycles. The molecule has 0 bridgehead atoms. The fourth-order valence-corrected chi connectivity index (χ4v) is 3.42. The summed E-state index contributed by atoms with van der Waals surface area (Å²) in [5, 5.41) is 8.86. The van der Waals surface area contributed by atoms with Crippen molar-refractivity contribution < 1.29 is 9.21 Å². The van der Waals surface area contributed by atoms with Gasteiger partial charge in [0, 0.05) is 29.8 Å². The van der Waals surface area contributed by atoms with Gasteiger partial charge in [0.2, 0.25) is 0 Å². The number of benzene rings is 2. The Morgan fingerprint density at radius 1 is 1.12 bits per heavy atom. The van der Waals surface area contributed by atoms with Crippen LogP contribution in [-0.4, -0.2) is 17.9 Å². The summed E-state index contributed by atoms with van der Waals surface area (Å²) in [5.41, 5.74) is 2.45. The Hall–Kier alpha value is -2.97. The van der Waals surface area contributed by atoms with Crippen LogP contribution in [0.2, 0.25) is 0 Å². The minimum Gasteiger partial charge on any atom is -0.459 e. The Labute approximate surface area is 157 Å². The fourth-order valence-electron chi connectivity index (χ4n) is 2.52. The molecule has 0 unspecified atom stereocenters. The number of hydrogen-bond donors (Lipinski definition) is 0. The molecule has 1 heterocycles. The second kappa shape index (κ2) is 8.41. The molecule has 5 heteroatoms. The van der Waals surface area contributed by atoms with Crippen molar-refractivity contribution in [3.8, 4) is 6.07 Å². The average molecular weight is 362 g/mol. The summed E-state index contributed by atoms with van der Waals surface area (Å²) in [5.74, 6) is 0.902. The summed E-state index contributed by atoms with van der Waals surface area (Å²) < 4.78 is 5.46. The second-order valence-corrected chi connectivity index (χ2v) is 6.90. The van der Waals surface area contributed by atoms with Gasteiger partial charge in [0.05, 0.1) is 17.9 Å². The van der Waals surface area contributed by atoms with Crippen LogP contribution in [0.25, 0.3) is 0 Å². The maximum atomic E-state index is 12.7. The van der Waals surface area contributed by atoms with E-state index in [-0.39, 0.29) is 5.91 Å². The lowest BCUT2D eigenvalue weighted by Gasteiger charge is -2.16. The molecule has 26 heavy (non-hydrogen) atoms. The van der Waals surface area contributed by atoms with Gasteiger partial charge in [0.15, 0.2) is 5.76 Å². The van der Waals surface area contributed by atoms with Crippen LogP contribution in [0.15, 0.2) is 76.2 Å². The number of nitriles is 1. The van der Waals surface area contributed by atoms with E-state index >= 15 is 0 Å². The standard InChI is InChI=1S/C21H18N2O2S/c1-23(14-17-9-7-16(13-22)8-10-17)21(24)20-18(11-12-25-20)15-26-19-5-3-2-4-6-19/h2-12H,14-15H2,1H3. The minimum absolute atomic E-state index is 0.150. The van der Waals surface area contributed by atoms with E-state index in [2.05, 4.69) is 6.07 Å². The van der Waals surface area contributed by atoms with E-state index in [1.54, 1.807) is 42.1 Å². The van der Waals surface area contributed by atoms with Crippen molar-refractivity contribution in [3.63, 3.8) is 0 Å². The average Bonchev–Trinajstić information content (AvgIpc) is 3.15. The molecule has 2 aromatic carbocycles. The topological polar surface area (TPSA) is 57.2 Å². The van der Waals surface area contributed by atoms with E-state index in [1.807, 2.05) is 48.5 Å². The van der Waals surface area contributed by atoms with E-state index in [1.165, 1.54) is 0 Å². The highest BCUT2D eigenvalue weighted by Gasteiger charge is 2.19. The Morgan fingerprint density at radius 2 is 1.85 bits per heavy atom. The van der Waals surface area contributed by atoms with Gasteiger partial charge in [-0.15, -0.1) is 11.8 Å². The highest BCUT2D eigenvalue weighted by molar-refractivity contribution is 7.98. The molecule has 0 aliphatic rings. The summed E-state index contributed by atoms with van der Waals surface area (Å²) >= 11 is 1.67. The van der Waals surface area contributed by atoms with Gasteiger partial charge in [-0.2, -0.15) is 5.26 Å². The Kier molecular flexibility index (Phi) is 5.77. The van der Waals surface area contributed by atoms with Crippen molar-refractivity contribution in [1.29, 1.82) is 5.26 Å². The SMILES string of the molecule is CN(Cc1ccc(C#N)cc1)C(=O)c1occc1CSc1ccccc1. The summed E-state index contributed by atoms with van der Waals surface area (Å²) in [7, 11) is 1.75. The number of nitrogens with zero attached hydrogens (tertiary/aromatic N) is 2. The van der Waals surface area contributed by atoms with Gasteiger partial charge in [-0.25, -0.2) is 0 Å². The van der Waals surface area contributed by atoms with Gasteiger partial charge in [-0.3, -0.25) is 4.79 Å². The third kappa shape index (κ3) is 4.35. The van der Waals surface area contributed by atoms with Gasteiger partial charge >= 0.3 is 0 Å². The second-order valence-electron chi connectivity index (χ2n) is 5.85. The van der Waals surface area contributed by atoms with Crippen molar-refractivity contribution >= 4 is 17.7 Å². The number of carbonyl (C=O) groups is 1. The number of carbonyl (C=O) groups excluding carboxylic acids is 1. The molecule has 0 aliphatic carbocycles. The van der Waals surface area contributed by atoms with Crippen molar-refractivity contribution in [2.75, 3.05) is 7.05 Å². The van der Waals surface area contributed by atoms with Crippen LogP contribution in [-0.2, 0) is 12.3 Å². The molecule has 0 spiro atoms. The molecule has 0 N–H and O–H groups in total. The molecule has 0 saturated heterocycles. The zero-order valence-electron chi connectivity index (χ0n) is 14.4. The first kappa shape index (κ1) is 17.8. The Balaban J connectivity index is 1.65. The quantitative estimate of drug-likeness (QED) is 0.596. The van der Waals surface area contributed by atoms with Crippen LogP contribution in [0, 0.1) is 11.3 Å². The Bertz CT molecular complexity index is 911. The number of thioether (sulfide) groups is 1. The number of furan rings is 1. The third-order valence-electron chi connectivity index (χ3n) is 3.93. The summed E-state index contributed by atoms with van der Waals surface area (Å²) in [4.78, 5) is 15.5. The van der Waals surface area contributed by atoms with Gasteiger partial charge in [-0.05, 0) is 35.9 Å². The Morgan fingerprint density at radius 3 is 2.54 bits per heavy atom. The highest BCUT2D eigenvalue weighted by atomic mass is 32.2. The molecule has 3 rings (SSSR count). The molecular weight excluding hydrogens is 344 g/mol.